The zero-order valence-electron chi connectivity index (χ0n) is 14.9. The number of rotatable bonds is 5. The second-order valence-corrected chi connectivity index (χ2v) is 8.82. The highest BCUT2D eigenvalue weighted by Crippen LogP contribution is 2.34. The van der Waals surface area contributed by atoms with E-state index in [9.17, 15) is 19.5 Å². The molecule has 1 aromatic carbocycles. The number of thiol groups is 1. The Morgan fingerprint density at radius 1 is 1.26 bits per heavy atom. The zero-order valence-corrected chi connectivity index (χ0v) is 16.6. The molecule has 0 radical (unpaired) electrons. The number of nitrogens with zero attached hydrogens (tertiary/aromatic N) is 1. The van der Waals surface area contributed by atoms with Gasteiger partial charge in [0.25, 0.3) is 0 Å². The van der Waals surface area contributed by atoms with Crippen molar-refractivity contribution in [2.45, 2.75) is 54.8 Å². The highest BCUT2D eigenvalue weighted by Gasteiger charge is 2.43. The summed E-state index contributed by atoms with van der Waals surface area (Å²) in [5.41, 5.74) is 0.998. The Morgan fingerprint density at radius 3 is 2.70 bits per heavy atom. The van der Waals surface area contributed by atoms with Gasteiger partial charge in [-0.2, -0.15) is 12.6 Å². The summed E-state index contributed by atoms with van der Waals surface area (Å²) in [7, 11) is 0. The average Bonchev–Trinajstić information content (AvgIpc) is 2.81. The lowest BCUT2D eigenvalue weighted by atomic mass is 10.00. The van der Waals surface area contributed by atoms with E-state index < -0.39 is 23.3 Å². The minimum Gasteiger partial charge on any atom is -0.480 e. The molecule has 0 aliphatic carbocycles. The van der Waals surface area contributed by atoms with Crippen LogP contribution in [0.3, 0.4) is 0 Å². The Kier molecular flexibility index (Phi) is 6.70. The summed E-state index contributed by atoms with van der Waals surface area (Å²) in [4.78, 5) is 38.7. The van der Waals surface area contributed by atoms with Gasteiger partial charge in [-0.05, 0) is 43.4 Å². The van der Waals surface area contributed by atoms with Crippen LogP contribution in [0.15, 0.2) is 30.3 Å². The van der Waals surface area contributed by atoms with Gasteiger partial charge in [0.05, 0.1) is 10.6 Å². The van der Waals surface area contributed by atoms with Gasteiger partial charge in [0, 0.05) is 0 Å². The number of hydrogen-bond acceptors (Lipinski definition) is 5. The fourth-order valence-corrected chi connectivity index (χ4v) is 5.30. The molecule has 0 bridgehead atoms. The van der Waals surface area contributed by atoms with Gasteiger partial charge >= 0.3 is 5.97 Å². The maximum Gasteiger partial charge on any atom is 0.326 e. The molecule has 2 saturated heterocycles. The van der Waals surface area contributed by atoms with Crippen LogP contribution in [0.2, 0.25) is 0 Å². The van der Waals surface area contributed by atoms with E-state index in [-0.39, 0.29) is 17.2 Å². The number of fused-ring (bicyclic) bond motifs is 1. The SMILES string of the molecule is O=C(NC1CCS[C@H]2CCC[C@@H](C(=O)O)N2C1=O)[C@@H](S)Cc1ccccc1. The first-order valence-corrected chi connectivity index (χ1v) is 10.7. The number of carbonyl (C=O) groups is 3. The van der Waals surface area contributed by atoms with Crippen LogP contribution in [0.25, 0.3) is 0 Å². The van der Waals surface area contributed by atoms with E-state index in [2.05, 4.69) is 17.9 Å². The van der Waals surface area contributed by atoms with Crippen molar-refractivity contribution >= 4 is 42.2 Å². The van der Waals surface area contributed by atoms with Gasteiger partial charge in [0.1, 0.15) is 12.1 Å². The lowest BCUT2D eigenvalue weighted by molar-refractivity contribution is -0.154. The van der Waals surface area contributed by atoms with Crippen LogP contribution < -0.4 is 5.32 Å². The normalized spacial score (nSPS) is 26.6. The molecule has 2 aliphatic rings. The zero-order chi connectivity index (χ0) is 19.4. The van der Waals surface area contributed by atoms with Crippen molar-refractivity contribution in [3.8, 4) is 0 Å². The maximum atomic E-state index is 13.0. The predicted molar refractivity (Wildman–Crippen MR) is 108 cm³/mol. The standard InChI is InChI=1S/C19H24N2O4S2/c22-17(15(26)11-12-5-2-1-3-6-12)20-13-9-10-27-16-8-4-7-14(19(24)25)21(16)18(13)23/h1-3,5-6,13-16,26H,4,7-11H2,(H,20,22)(H,24,25)/t13?,14-,15-,16-/m0/s1. The molecule has 146 valence electrons. The number of hydrogen-bond donors (Lipinski definition) is 3. The number of carboxylic acid groups (broad SMARTS) is 1. The van der Waals surface area contributed by atoms with Crippen molar-refractivity contribution in [3.63, 3.8) is 0 Å². The summed E-state index contributed by atoms with van der Waals surface area (Å²) < 4.78 is 0. The van der Waals surface area contributed by atoms with Crippen molar-refractivity contribution in [2.75, 3.05) is 5.75 Å². The van der Waals surface area contributed by atoms with E-state index in [1.807, 2.05) is 30.3 Å². The van der Waals surface area contributed by atoms with E-state index in [4.69, 9.17) is 0 Å². The minimum atomic E-state index is -0.975. The molecule has 0 spiro atoms. The summed E-state index contributed by atoms with van der Waals surface area (Å²) >= 11 is 6.01. The van der Waals surface area contributed by atoms with E-state index in [0.29, 0.717) is 25.0 Å². The van der Waals surface area contributed by atoms with Crippen molar-refractivity contribution in [1.82, 2.24) is 10.2 Å². The molecule has 27 heavy (non-hydrogen) atoms. The Morgan fingerprint density at radius 2 is 2.00 bits per heavy atom. The van der Waals surface area contributed by atoms with Crippen molar-refractivity contribution in [2.24, 2.45) is 0 Å². The first-order valence-electron chi connectivity index (χ1n) is 9.16. The van der Waals surface area contributed by atoms with E-state index in [1.54, 1.807) is 11.8 Å². The summed E-state index contributed by atoms with van der Waals surface area (Å²) in [5.74, 6) is -0.851. The number of aliphatic carboxylic acids is 1. The molecule has 4 atom stereocenters. The molecule has 0 saturated carbocycles. The van der Waals surface area contributed by atoms with Crippen LogP contribution in [0.5, 0.6) is 0 Å². The smallest absolute Gasteiger partial charge is 0.326 e. The highest BCUT2D eigenvalue weighted by molar-refractivity contribution is 7.99. The molecule has 2 heterocycles. The van der Waals surface area contributed by atoms with Crippen LogP contribution in [0.4, 0.5) is 0 Å². The summed E-state index contributed by atoms with van der Waals surface area (Å²) in [6.07, 6.45) is 3.02. The van der Waals surface area contributed by atoms with Gasteiger partial charge in [-0.1, -0.05) is 30.3 Å². The van der Waals surface area contributed by atoms with Crippen LogP contribution in [0.1, 0.15) is 31.2 Å². The molecule has 2 fully saturated rings. The van der Waals surface area contributed by atoms with Crippen molar-refractivity contribution in [3.05, 3.63) is 35.9 Å². The lowest BCUT2D eigenvalue weighted by Crippen LogP contribution is -2.57. The average molecular weight is 409 g/mol. The Bertz CT molecular complexity index is 700. The number of carboxylic acids is 1. The number of amides is 2. The molecule has 6 nitrogen and oxygen atoms in total. The molecule has 1 aromatic rings. The molecule has 2 aliphatic heterocycles. The summed E-state index contributed by atoms with van der Waals surface area (Å²) in [5, 5.41) is 11.6. The number of nitrogens with one attached hydrogen (secondary N) is 1. The van der Waals surface area contributed by atoms with E-state index >= 15 is 0 Å². The quantitative estimate of drug-likeness (QED) is 0.648. The van der Waals surface area contributed by atoms with E-state index in [0.717, 1.165) is 18.4 Å². The Labute approximate surface area is 168 Å². The third-order valence-electron chi connectivity index (χ3n) is 5.02. The van der Waals surface area contributed by atoms with Crippen molar-refractivity contribution < 1.29 is 19.5 Å². The third kappa shape index (κ3) is 4.79. The summed E-state index contributed by atoms with van der Waals surface area (Å²) in [6.45, 7) is 0. The predicted octanol–water partition coefficient (Wildman–Crippen LogP) is 1.94. The fourth-order valence-electron chi connectivity index (χ4n) is 3.62. The Balaban J connectivity index is 1.67. The van der Waals surface area contributed by atoms with Gasteiger partial charge in [-0.3, -0.25) is 9.59 Å². The Hall–Kier alpha value is -1.67. The second-order valence-electron chi connectivity index (χ2n) is 6.91. The van der Waals surface area contributed by atoms with Gasteiger partial charge in [-0.25, -0.2) is 4.79 Å². The molecule has 8 heteroatoms. The maximum absolute atomic E-state index is 13.0. The van der Waals surface area contributed by atoms with Crippen LogP contribution in [-0.4, -0.2) is 56.3 Å². The number of thioether (sulfide) groups is 1. The molecule has 1 unspecified atom stereocenters. The second kappa shape index (κ2) is 9.01. The molecule has 3 rings (SSSR count). The van der Waals surface area contributed by atoms with Gasteiger partial charge in [-0.15, -0.1) is 11.8 Å². The molecule has 2 amide bonds. The highest BCUT2D eigenvalue weighted by atomic mass is 32.2. The largest absolute Gasteiger partial charge is 0.480 e. The number of carbonyl (C=O) groups excluding carboxylic acids is 2. The van der Waals surface area contributed by atoms with Crippen LogP contribution in [0, 0.1) is 0 Å². The lowest BCUT2D eigenvalue weighted by Gasteiger charge is -2.39. The topological polar surface area (TPSA) is 86.7 Å². The molecule has 2 N–H and O–H groups in total. The van der Waals surface area contributed by atoms with Crippen molar-refractivity contribution in [1.29, 1.82) is 0 Å². The third-order valence-corrected chi connectivity index (χ3v) is 6.76. The molecular formula is C19H24N2O4S2. The van der Waals surface area contributed by atoms with Gasteiger partial charge in [0.15, 0.2) is 0 Å². The first kappa shape index (κ1) is 20.1. The van der Waals surface area contributed by atoms with Gasteiger partial charge < -0.3 is 15.3 Å². The van der Waals surface area contributed by atoms with Crippen LogP contribution in [-0.2, 0) is 20.8 Å². The molecule has 0 aromatic heterocycles. The van der Waals surface area contributed by atoms with Crippen LogP contribution >= 0.6 is 24.4 Å². The van der Waals surface area contributed by atoms with Gasteiger partial charge in [0.2, 0.25) is 11.8 Å². The molecular weight excluding hydrogens is 384 g/mol. The first-order chi connectivity index (χ1) is 13.0. The monoisotopic (exact) mass is 408 g/mol. The number of piperidine rings is 1. The minimum absolute atomic E-state index is 0.120. The number of benzene rings is 1. The summed E-state index contributed by atoms with van der Waals surface area (Å²) in [6, 6.07) is 8.08. The fraction of sp³-hybridized carbons (Fsp3) is 0.526. The van der Waals surface area contributed by atoms with E-state index in [1.165, 1.54) is 4.90 Å².